The van der Waals surface area contributed by atoms with Crippen molar-refractivity contribution in [3.63, 3.8) is 0 Å². The fourth-order valence-electron chi connectivity index (χ4n) is 2.66. The van der Waals surface area contributed by atoms with Crippen molar-refractivity contribution in [1.29, 1.82) is 0 Å². The van der Waals surface area contributed by atoms with Gasteiger partial charge in [0.2, 0.25) is 0 Å². The van der Waals surface area contributed by atoms with E-state index in [1.807, 2.05) is 54.6 Å². The minimum absolute atomic E-state index is 0.209. The van der Waals surface area contributed by atoms with Crippen LogP contribution in [0.5, 0.6) is 11.5 Å². The van der Waals surface area contributed by atoms with Gasteiger partial charge in [-0.2, -0.15) is 0 Å². The first-order chi connectivity index (χ1) is 12.2. The minimum Gasteiger partial charge on any atom is -0.497 e. The molecular weight excluding hydrogens is 316 g/mol. The Labute approximate surface area is 147 Å². The number of methoxy groups -OCH3 is 1. The molecule has 0 spiro atoms. The summed E-state index contributed by atoms with van der Waals surface area (Å²) in [6, 6.07) is 17.5. The van der Waals surface area contributed by atoms with Gasteiger partial charge in [0.1, 0.15) is 24.2 Å². The van der Waals surface area contributed by atoms with Crippen molar-refractivity contribution in [2.45, 2.75) is 6.10 Å². The van der Waals surface area contributed by atoms with E-state index in [2.05, 4.69) is 5.32 Å². The zero-order valence-corrected chi connectivity index (χ0v) is 14.4. The summed E-state index contributed by atoms with van der Waals surface area (Å²) in [6.45, 7) is 0.683. The number of likely N-dealkylation sites (N-methyl/N-ethyl adjacent to an activating group) is 1. The number of nitrogens with one attached hydrogen (secondary N) is 1. The molecule has 0 bridgehead atoms. The van der Waals surface area contributed by atoms with E-state index in [0.29, 0.717) is 12.3 Å². The molecule has 0 saturated heterocycles. The third kappa shape index (κ3) is 4.07. The molecule has 1 atom stereocenters. The Morgan fingerprint density at radius 2 is 1.92 bits per heavy atom. The van der Waals surface area contributed by atoms with Crippen molar-refractivity contribution in [2.24, 2.45) is 0 Å². The van der Waals surface area contributed by atoms with E-state index in [-0.39, 0.29) is 6.61 Å². The molecule has 2 aromatic carbocycles. The largest absolute Gasteiger partial charge is 0.497 e. The van der Waals surface area contributed by atoms with Crippen LogP contribution in [0.3, 0.4) is 0 Å². The highest BCUT2D eigenvalue weighted by Gasteiger charge is 2.11. The Balaban J connectivity index is 2.03. The normalized spacial score (nSPS) is 12.1. The number of pyridine rings is 1. The number of fused-ring (bicyclic) bond motifs is 1. The highest BCUT2D eigenvalue weighted by molar-refractivity contribution is 5.89. The Bertz CT molecular complexity index is 837. The molecule has 1 aromatic heterocycles. The number of aliphatic hydroxyl groups excluding tert-OH is 1. The van der Waals surface area contributed by atoms with Gasteiger partial charge in [-0.05, 0) is 19.2 Å². The van der Waals surface area contributed by atoms with Gasteiger partial charge in [-0.25, -0.2) is 4.98 Å². The zero-order chi connectivity index (χ0) is 17.6. The lowest BCUT2D eigenvalue weighted by molar-refractivity contribution is 0.109. The van der Waals surface area contributed by atoms with E-state index < -0.39 is 6.10 Å². The second-order valence-corrected chi connectivity index (χ2v) is 5.78. The van der Waals surface area contributed by atoms with Crippen molar-refractivity contribution >= 4 is 10.9 Å². The van der Waals surface area contributed by atoms with Crippen LogP contribution in [0.4, 0.5) is 0 Å². The number of hydrogen-bond acceptors (Lipinski definition) is 5. The first-order valence-corrected chi connectivity index (χ1v) is 8.21. The van der Waals surface area contributed by atoms with Gasteiger partial charge in [0.25, 0.3) is 0 Å². The standard InChI is InChI=1S/C20H22N2O3/c1-21-12-15(23)13-25-20-11-18(14-6-4-3-5-7-14)22-19-10-16(24-2)8-9-17(19)20/h3-11,15,21,23H,12-13H2,1-2H3. The predicted molar refractivity (Wildman–Crippen MR) is 99.2 cm³/mol. The highest BCUT2D eigenvalue weighted by Crippen LogP contribution is 2.32. The topological polar surface area (TPSA) is 63.6 Å². The number of benzene rings is 2. The van der Waals surface area contributed by atoms with Gasteiger partial charge in [0, 0.05) is 29.6 Å². The van der Waals surface area contributed by atoms with E-state index in [1.165, 1.54) is 0 Å². The number of aromatic nitrogens is 1. The molecule has 130 valence electrons. The Morgan fingerprint density at radius 1 is 1.12 bits per heavy atom. The SMILES string of the molecule is CNCC(O)COc1cc(-c2ccccc2)nc2cc(OC)ccc12. The van der Waals surface area contributed by atoms with Crippen LogP contribution in [0.15, 0.2) is 54.6 Å². The van der Waals surface area contributed by atoms with Crippen LogP contribution in [0, 0.1) is 0 Å². The molecule has 0 aliphatic carbocycles. The van der Waals surface area contributed by atoms with Crippen LogP contribution < -0.4 is 14.8 Å². The molecule has 25 heavy (non-hydrogen) atoms. The Morgan fingerprint density at radius 3 is 2.64 bits per heavy atom. The second-order valence-electron chi connectivity index (χ2n) is 5.78. The maximum absolute atomic E-state index is 9.93. The third-order valence-electron chi connectivity index (χ3n) is 3.92. The fraction of sp³-hybridized carbons (Fsp3) is 0.250. The van der Waals surface area contributed by atoms with Crippen LogP contribution in [0.1, 0.15) is 0 Å². The van der Waals surface area contributed by atoms with Gasteiger partial charge >= 0.3 is 0 Å². The van der Waals surface area contributed by atoms with Crippen LogP contribution >= 0.6 is 0 Å². The van der Waals surface area contributed by atoms with E-state index in [1.54, 1.807) is 14.2 Å². The van der Waals surface area contributed by atoms with Gasteiger partial charge in [0.15, 0.2) is 0 Å². The van der Waals surface area contributed by atoms with Crippen LogP contribution in [0.2, 0.25) is 0 Å². The number of nitrogens with zero attached hydrogens (tertiary/aromatic N) is 1. The molecular formula is C20H22N2O3. The van der Waals surface area contributed by atoms with E-state index in [0.717, 1.165) is 27.9 Å². The Hall–Kier alpha value is -2.63. The zero-order valence-electron chi connectivity index (χ0n) is 14.4. The number of hydrogen-bond donors (Lipinski definition) is 2. The summed E-state index contributed by atoms with van der Waals surface area (Å²) in [5, 5.41) is 13.7. The maximum atomic E-state index is 9.93. The lowest BCUT2D eigenvalue weighted by Gasteiger charge is -2.15. The van der Waals surface area contributed by atoms with Crippen molar-refractivity contribution < 1.29 is 14.6 Å². The van der Waals surface area contributed by atoms with Crippen molar-refractivity contribution in [3.8, 4) is 22.8 Å². The van der Waals surface area contributed by atoms with Gasteiger partial charge in [0.05, 0.1) is 18.3 Å². The molecule has 3 rings (SSSR count). The summed E-state index contributed by atoms with van der Waals surface area (Å²) in [6.07, 6.45) is -0.577. The first-order valence-electron chi connectivity index (χ1n) is 8.21. The summed E-state index contributed by atoms with van der Waals surface area (Å²) in [5.74, 6) is 1.44. The summed E-state index contributed by atoms with van der Waals surface area (Å²) in [5.41, 5.74) is 2.62. The highest BCUT2D eigenvalue weighted by atomic mass is 16.5. The number of aliphatic hydroxyl groups is 1. The maximum Gasteiger partial charge on any atom is 0.131 e. The number of ether oxygens (including phenoxy) is 2. The van der Waals surface area contributed by atoms with E-state index in [4.69, 9.17) is 14.5 Å². The molecule has 3 aromatic rings. The summed E-state index contributed by atoms with van der Waals surface area (Å²) in [4.78, 5) is 4.74. The molecule has 0 radical (unpaired) electrons. The summed E-state index contributed by atoms with van der Waals surface area (Å²) < 4.78 is 11.2. The fourth-order valence-corrected chi connectivity index (χ4v) is 2.66. The van der Waals surface area contributed by atoms with E-state index >= 15 is 0 Å². The van der Waals surface area contributed by atoms with Crippen molar-refractivity contribution in [1.82, 2.24) is 10.3 Å². The average Bonchev–Trinajstić information content (AvgIpc) is 2.66. The van der Waals surface area contributed by atoms with Gasteiger partial charge in [-0.1, -0.05) is 30.3 Å². The molecule has 2 N–H and O–H groups in total. The molecule has 1 heterocycles. The predicted octanol–water partition coefficient (Wildman–Crippen LogP) is 2.87. The molecule has 0 saturated carbocycles. The van der Waals surface area contributed by atoms with Crippen molar-refractivity contribution in [3.05, 3.63) is 54.6 Å². The molecule has 0 aliphatic heterocycles. The monoisotopic (exact) mass is 338 g/mol. The summed E-state index contributed by atoms with van der Waals surface area (Å²) in [7, 11) is 3.43. The van der Waals surface area contributed by atoms with Gasteiger partial charge in [-0.3, -0.25) is 0 Å². The van der Waals surface area contributed by atoms with Gasteiger partial charge in [-0.15, -0.1) is 0 Å². The summed E-state index contributed by atoms with van der Waals surface area (Å²) >= 11 is 0. The van der Waals surface area contributed by atoms with Crippen LogP contribution in [-0.2, 0) is 0 Å². The lowest BCUT2D eigenvalue weighted by Crippen LogP contribution is -2.29. The molecule has 5 nitrogen and oxygen atoms in total. The molecule has 5 heteroatoms. The second kappa shape index (κ2) is 7.96. The van der Waals surface area contributed by atoms with Crippen LogP contribution in [0.25, 0.3) is 22.2 Å². The average molecular weight is 338 g/mol. The minimum atomic E-state index is -0.577. The lowest BCUT2D eigenvalue weighted by atomic mass is 10.1. The molecule has 1 unspecified atom stereocenters. The Kier molecular flexibility index (Phi) is 5.48. The third-order valence-corrected chi connectivity index (χ3v) is 3.92. The molecule has 0 fully saturated rings. The number of rotatable bonds is 7. The first kappa shape index (κ1) is 17.2. The molecule has 0 aliphatic rings. The van der Waals surface area contributed by atoms with Gasteiger partial charge < -0.3 is 19.9 Å². The van der Waals surface area contributed by atoms with Crippen molar-refractivity contribution in [2.75, 3.05) is 27.3 Å². The van der Waals surface area contributed by atoms with E-state index in [9.17, 15) is 5.11 Å². The molecule has 0 amide bonds. The smallest absolute Gasteiger partial charge is 0.131 e. The van der Waals surface area contributed by atoms with Crippen LogP contribution in [-0.4, -0.2) is 43.5 Å². The quantitative estimate of drug-likeness (QED) is 0.693.